The summed E-state index contributed by atoms with van der Waals surface area (Å²) >= 11 is 0.714. The SMILES string of the molecule is COc1nc(N)ncc1NCNC1OC(COP(=O)(N[C@H](C)C(=O)OC(C)C)SCC2C(=O)N(C)C(=O)N2C)[C@@H](O)[C@@]1(C)O. The predicted molar refractivity (Wildman–Crippen MR) is 159 cm³/mol. The third-order valence-corrected chi connectivity index (χ3v) is 11.0. The highest BCUT2D eigenvalue weighted by molar-refractivity contribution is 8.56. The second-order valence-corrected chi connectivity index (χ2v) is 15.0. The van der Waals surface area contributed by atoms with Crippen LogP contribution in [0.15, 0.2) is 6.20 Å². The van der Waals surface area contributed by atoms with Gasteiger partial charge in [-0.3, -0.25) is 24.4 Å². The number of nitrogen functional groups attached to an aromatic ring is 1. The number of imide groups is 1. The number of esters is 1. The first-order valence-corrected chi connectivity index (χ1v) is 16.8. The number of aromatic nitrogens is 2. The molecule has 7 N–H and O–H groups in total. The Kier molecular flexibility index (Phi) is 11.8. The number of likely N-dealkylation sites (N-methyl/N-ethyl adjacent to an activating group) is 2. The predicted octanol–water partition coefficient (Wildman–Crippen LogP) is -0.457. The molecule has 4 unspecified atom stereocenters. The Bertz CT molecular complexity index is 1260. The van der Waals surface area contributed by atoms with Crippen molar-refractivity contribution in [2.75, 3.05) is 51.3 Å². The summed E-state index contributed by atoms with van der Waals surface area (Å²) < 4.78 is 35.9. The van der Waals surface area contributed by atoms with Crippen molar-refractivity contribution in [2.24, 2.45) is 0 Å². The summed E-state index contributed by atoms with van der Waals surface area (Å²) in [5.74, 6) is -1.08. The van der Waals surface area contributed by atoms with Crippen molar-refractivity contribution in [3.63, 3.8) is 0 Å². The van der Waals surface area contributed by atoms with Crippen LogP contribution in [0, 0.1) is 0 Å². The zero-order valence-electron chi connectivity index (χ0n) is 25.5. The lowest BCUT2D eigenvalue weighted by atomic mass is 9.97. The second kappa shape index (κ2) is 14.6. The standard InChI is InChI=1S/C24H41N8O10PS/c1-12(2)41-20(35)13(3)30-43(38,44-10-15-19(34)32(6)23(36)31(15)5)40-9-16-17(33)24(4,37)21(42-16)28-11-27-14-8-26-22(25)29-18(14)39-7/h8,12-13,15-17,21,27-28,33,37H,9-11H2,1-7H3,(H,30,38)(H2,25,26,29)/t13-,15?,16?,17-,21?,24-,43?/m1/s1. The Hall–Kier alpha value is -2.77. The molecule has 2 aliphatic rings. The lowest BCUT2D eigenvalue weighted by Crippen LogP contribution is -2.52. The second-order valence-electron chi connectivity index (χ2n) is 10.7. The van der Waals surface area contributed by atoms with Crippen molar-refractivity contribution < 1.29 is 47.9 Å². The van der Waals surface area contributed by atoms with Crippen LogP contribution in [-0.2, 0) is 28.2 Å². The summed E-state index contributed by atoms with van der Waals surface area (Å²) in [6.07, 6.45) is -2.76. The number of nitrogens with one attached hydrogen (secondary N) is 3. The number of nitrogens with two attached hydrogens (primary N) is 1. The molecule has 0 aromatic carbocycles. The van der Waals surface area contributed by atoms with E-state index < -0.39 is 73.5 Å². The number of carbonyl (C=O) groups excluding carboxylic acids is 3. The molecule has 248 valence electrons. The van der Waals surface area contributed by atoms with Gasteiger partial charge in [-0.25, -0.2) is 14.9 Å². The topological polar surface area (TPSA) is 240 Å². The van der Waals surface area contributed by atoms with E-state index in [1.54, 1.807) is 13.8 Å². The number of urea groups is 1. The van der Waals surface area contributed by atoms with Crippen molar-refractivity contribution in [3.05, 3.63) is 6.20 Å². The average molecular weight is 665 g/mol. The minimum absolute atomic E-state index is 0.0201. The molecule has 0 radical (unpaired) electrons. The first-order valence-electron chi connectivity index (χ1n) is 13.6. The maximum absolute atomic E-state index is 14.0. The van der Waals surface area contributed by atoms with Crippen molar-refractivity contribution in [1.29, 1.82) is 0 Å². The number of hydrogen-bond acceptors (Lipinski definition) is 16. The van der Waals surface area contributed by atoms with Gasteiger partial charge >= 0.3 is 18.7 Å². The molecular weight excluding hydrogens is 623 g/mol. The van der Waals surface area contributed by atoms with Gasteiger partial charge < -0.3 is 44.9 Å². The van der Waals surface area contributed by atoms with Crippen molar-refractivity contribution in [2.45, 2.75) is 69.9 Å². The zero-order chi connectivity index (χ0) is 33.0. The summed E-state index contributed by atoms with van der Waals surface area (Å²) in [4.78, 5) is 47.2. The van der Waals surface area contributed by atoms with E-state index in [4.69, 9.17) is 24.5 Å². The minimum Gasteiger partial charge on any atom is -0.479 e. The fraction of sp³-hybridized carbons (Fsp3) is 0.708. The van der Waals surface area contributed by atoms with Crippen LogP contribution in [0.5, 0.6) is 5.88 Å². The van der Waals surface area contributed by atoms with Crippen LogP contribution >= 0.6 is 18.1 Å². The number of rotatable bonds is 15. The highest BCUT2D eigenvalue weighted by Gasteiger charge is 2.52. The van der Waals surface area contributed by atoms with Crippen molar-refractivity contribution in [1.82, 2.24) is 30.2 Å². The molecule has 3 heterocycles. The Morgan fingerprint density at radius 1 is 1.32 bits per heavy atom. The lowest BCUT2D eigenvalue weighted by Gasteiger charge is -2.27. The van der Waals surface area contributed by atoms with E-state index in [2.05, 4.69) is 25.7 Å². The maximum Gasteiger partial charge on any atom is 0.327 e. The third kappa shape index (κ3) is 8.28. The minimum atomic E-state index is -4.02. The Morgan fingerprint density at radius 3 is 2.59 bits per heavy atom. The molecule has 44 heavy (non-hydrogen) atoms. The number of methoxy groups -OCH3 is 1. The quantitative estimate of drug-likeness (QED) is 0.0602. The first kappa shape index (κ1) is 35.7. The largest absolute Gasteiger partial charge is 0.479 e. The van der Waals surface area contributed by atoms with E-state index in [0.717, 1.165) is 4.90 Å². The lowest BCUT2D eigenvalue weighted by molar-refractivity contribution is -0.149. The van der Waals surface area contributed by atoms with Gasteiger partial charge in [-0.2, -0.15) is 4.98 Å². The van der Waals surface area contributed by atoms with Crippen LogP contribution in [0.4, 0.5) is 16.4 Å². The number of carbonyl (C=O) groups is 3. The molecule has 3 rings (SSSR count). The number of amides is 3. The van der Waals surface area contributed by atoms with Crippen LogP contribution in [0.2, 0.25) is 0 Å². The van der Waals surface area contributed by atoms with Crippen molar-refractivity contribution >= 4 is 47.6 Å². The highest BCUT2D eigenvalue weighted by Crippen LogP contribution is 2.57. The first-order chi connectivity index (χ1) is 20.5. The Labute approximate surface area is 258 Å². The Morgan fingerprint density at radius 2 is 2.00 bits per heavy atom. The molecule has 0 bridgehead atoms. The van der Waals surface area contributed by atoms with Crippen LogP contribution in [0.25, 0.3) is 0 Å². The van der Waals surface area contributed by atoms with Crippen LogP contribution in [0.1, 0.15) is 27.7 Å². The molecular formula is C24H41N8O10PS. The summed E-state index contributed by atoms with van der Waals surface area (Å²) in [7, 11) is 4.20. The fourth-order valence-electron chi connectivity index (χ4n) is 4.31. The summed E-state index contributed by atoms with van der Waals surface area (Å²) in [6, 6.07) is -2.52. The van der Waals surface area contributed by atoms with Gasteiger partial charge in [0.15, 0.2) is 0 Å². The third-order valence-electron chi connectivity index (χ3n) is 6.86. The molecule has 3 amide bonds. The maximum atomic E-state index is 14.0. The van der Waals surface area contributed by atoms with E-state index in [1.807, 2.05) is 0 Å². The molecule has 7 atom stereocenters. The zero-order valence-corrected chi connectivity index (χ0v) is 27.3. The average Bonchev–Trinajstić information content (AvgIpc) is 3.28. The van der Waals surface area contributed by atoms with E-state index in [0.29, 0.717) is 17.1 Å². The van der Waals surface area contributed by atoms with Gasteiger partial charge in [0.2, 0.25) is 11.8 Å². The van der Waals surface area contributed by atoms with Crippen molar-refractivity contribution in [3.8, 4) is 5.88 Å². The molecule has 0 spiro atoms. The molecule has 2 fully saturated rings. The van der Waals surface area contributed by atoms with Gasteiger partial charge in [0.25, 0.3) is 5.91 Å². The molecule has 2 aliphatic heterocycles. The van der Waals surface area contributed by atoms with Gasteiger partial charge in [0.1, 0.15) is 41.8 Å². The van der Waals surface area contributed by atoms with E-state index in [1.165, 1.54) is 46.1 Å². The molecule has 0 aliphatic carbocycles. The van der Waals surface area contributed by atoms with Crippen LogP contribution < -0.4 is 26.2 Å². The number of aliphatic hydroxyl groups excluding tert-OH is 1. The van der Waals surface area contributed by atoms with Crippen LogP contribution in [0.3, 0.4) is 0 Å². The number of nitrogens with zero attached hydrogens (tertiary/aromatic N) is 4. The molecule has 1 aromatic heterocycles. The number of aliphatic hydroxyl groups is 2. The fourth-order valence-corrected chi connectivity index (χ4v) is 8.28. The number of ether oxygens (including phenoxy) is 3. The van der Waals surface area contributed by atoms with Gasteiger partial charge in [0, 0.05) is 19.8 Å². The van der Waals surface area contributed by atoms with Gasteiger partial charge in [-0.05, 0) is 27.7 Å². The highest BCUT2D eigenvalue weighted by atomic mass is 32.7. The molecule has 18 nitrogen and oxygen atoms in total. The van der Waals surface area contributed by atoms with E-state index in [9.17, 15) is 29.2 Å². The smallest absolute Gasteiger partial charge is 0.327 e. The molecule has 1 aromatic rings. The summed E-state index contributed by atoms with van der Waals surface area (Å²) in [5, 5.41) is 30.4. The molecule has 2 saturated heterocycles. The van der Waals surface area contributed by atoms with Crippen LogP contribution in [-0.4, -0.2) is 130 Å². The monoisotopic (exact) mass is 664 g/mol. The van der Waals surface area contributed by atoms with Gasteiger partial charge in [0.05, 0.1) is 32.7 Å². The van der Waals surface area contributed by atoms with Gasteiger partial charge in [-0.1, -0.05) is 11.4 Å². The van der Waals surface area contributed by atoms with Gasteiger partial charge in [-0.15, -0.1) is 0 Å². The molecule has 0 saturated carbocycles. The number of hydrogen-bond donors (Lipinski definition) is 6. The summed E-state index contributed by atoms with van der Waals surface area (Å²) in [6.45, 7) is 1.64. The number of anilines is 2. The summed E-state index contributed by atoms with van der Waals surface area (Å²) in [5.41, 5.74) is 4.17. The molecule has 20 heteroatoms. The Balaban J connectivity index is 1.68. The van der Waals surface area contributed by atoms with E-state index >= 15 is 0 Å². The normalized spacial score (nSPS) is 27.5. The van der Waals surface area contributed by atoms with E-state index in [-0.39, 0.29) is 24.2 Å².